The van der Waals surface area contributed by atoms with Crippen LogP contribution in [-0.2, 0) is 36.9 Å². The molecule has 3 amide bonds. The van der Waals surface area contributed by atoms with Gasteiger partial charge in [-0.2, -0.15) is 0 Å². The van der Waals surface area contributed by atoms with E-state index in [1.165, 1.54) is 4.90 Å². The Hall–Kier alpha value is -3.68. The van der Waals surface area contributed by atoms with Gasteiger partial charge in [0.25, 0.3) is 0 Å². The van der Waals surface area contributed by atoms with Crippen LogP contribution in [0, 0.1) is 0 Å². The Kier molecular flexibility index (Phi) is 7.96. The number of likely N-dealkylation sites (tertiary alicyclic amines) is 1. The predicted octanol–water partition coefficient (Wildman–Crippen LogP) is 1.19. The number of ether oxygens (including phenoxy) is 1. The molecule has 1 aliphatic rings. The summed E-state index contributed by atoms with van der Waals surface area (Å²) in [5.74, 6) is -1.29. The minimum atomic E-state index is -0.803. The molecule has 1 fully saturated rings. The van der Waals surface area contributed by atoms with Crippen LogP contribution in [0.4, 0.5) is 0 Å². The molecular weight excluding hydrogens is 410 g/mol. The molecule has 3 rings (SSSR count). The number of hydrogen-bond donors (Lipinski definition) is 2. The van der Waals surface area contributed by atoms with Crippen molar-refractivity contribution in [2.75, 3.05) is 6.54 Å². The van der Waals surface area contributed by atoms with Crippen molar-refractivity contribution in [3.8, 4) is 0 Å². The van der Waals surface area contributed by atoms with E-state index in [0.717, 1.165) is 11.1 Å². The largest absolute Gasteiger partial charge is 0.459 e. The second-order valence-corrected chi connectivity index (χ2v) is 7.79. The van der Waals surface area contributed by atoms with Gasteiger partial charge in [-0.15, -0.1) is 0 Å². The second-order valence-electron chi connectivity index (χ2n) is 7.79. The molecule has 0 saturated carbocycles. The summed E-state index contributed by atoms with van der Waals surface area (Å²) in [6.45, 7) is 1.77. The van der Waals surface area contributed by atoms with E-state index >= 15 is 0 Å². The van der Waals surface area contributed by atoms with Crippen molar-refractivity contribution in [3.05, 3.63) is 71.8 Å². The third kappa shape index (κ3) is 6.16. The molecule has 0 spiro atoms. The summed E-state index contributed by atoms with van der Waals surface area (Å²) in [4.78, 5) is 50.2. The van der Waals surface area contributed by atoms with E-state index < -0.39 is 24.0 Å². The minimum absolute atomic E-state index is 0.134. The molecule has 2 aromatic rings. The molecule has 0 radical (unpaired) electrons. The first-order chi connectivity index (χ1) is 15.5. The maximum absolute atomic E-state index is 12.8. The van der Waals surface area contributed by atoms with Gasteiger partial charge in [0.15, 0.2) is 0 Å². The number of benzene rings is 2. The zero-order chi connectivity index (χ0) is 22.9. The summed E-state index contributed by atoms with van der Waals surface area (Å²) in [7, 11) is 0. The van der Waals surface area contributed by atoms with Crippen molar-refractivity contribution >= 4 is 24.2 Å². The molecule has 0 bridgehead atoms. The lowest BCUT2D eigenvalue weighted by Gasteiger charge is -2.21. The summed E-state index contributed by atoms with van der Waals surface area (Å²) in [6.07, 6.45) is 1.15. The molecule has 1 heterocycles. The Morgan fingerprint density at radius 3 is 2.34 bits per heavy atom. The maximum atomic E-state index is 12.8. The van der Waals surface area contributed by atoms with Crippen molar-refractivity contribution in [1.82, 2.24) is 15.5 Å². The van der Waals surface area contributed by atoms with Crippen LogP contribution in [0.5, 0.6) is 0 Å². The lowest BCUT2D eigenvalue weighted by molar-refractivity contribution is -0.150. The molecule has 2 N–H and O–H groups in total. The number of nitrogens with one attached hydrogen (secondary N) is 2. The van der Waals surface area contributed by atoms with E-state index in [1.807, 2.05) is 67.6 Å². The summed E-state index contributed by atoms with van der Waals surface area (Å²) >= 11 is 0. The Labute approximate surface area is 186 Å². The van der Waals surface area contributed by atoms with E-state index in [9.17, 15) is 19.2 Å². The normalized spacial score (nSPS) is 18.7. The summed E-state index contributed by atoms with van der Waals surface area (Å²) in [5, 5.41) is 5.24. The maximum Gasteiger partial charge on any atom is 0.325 e. The van der Waals surface area contributed by atoms with Gasteiger partial charge in [0.2, 0.25) is 18.2 Å². The minimum Gasteiger partial charge on any atom is -0.459 e. The molecule has 3 atom stereocenters. The molecule has 168 valence electrons. The zero-order valence-electron chi connectivity index (χ0n) is 17.9. The third-order valence-corrected chi connectivity index (χ3v) is 5.42. The number of nitrogens with zero attached hydrogens (tertiary/aromatic N) is 1. The van der Waals surface area contributed by atoms with Crippen LogP contribution in [0.2, 0.25) is 0 Å². The molecule has 32 heavy (non-hydrogen) atoms. The van der Waals surface area contributed by atoms with Crippen molar-refractivity contribution in [1.29, 1.82) is 0 Å². The molecule has 0 aliphatic carbocycles. The number of hydrogen-bond acceptors (Lipinski definition) is 5. The smallest absolute Gasteiger partial charge is 0.325 e. The molecule has 8 heteroatoms. The molecule has 2 aromatic carbocycles. The standard InChI is InChI=1S/C24H27N3O5/c1-17-12-21(26-23(30)20(25-16-28)13-18-8-4-2-5-9-18)24(31)27(17)14-22(29)32-15-19-10-6-3-7-11-19/h2-11,16-17,20-21H,12-15H2,1H3,(H,25,28)(H,26,30). The van der Waals surface area contributed by atoms with E-state index in [1.54, 1.807) is 0 Å². The van der Waals surface area contributed by atoms with Gasteiger partial charge in [-0.25, -0.2) is 0 Å². The van der Waals surface area contributed by atoms with E-state index in [-0.39, 0.29) is 25.1 Å². The third-order valence-electron chi connectivity index (χ3n) is 5.42. The SMILES string of the molecule is CC1CC(NC(=O)C(Cc2ccccc2)NC=O)C(=O)N1CC(=O)OCc1ccccc1. The van der Waals surface area contributed by atoms with Crippen LogP contribution in [0.1, 0.15) is 24.5 Å². The van der Waals surface area contributed by atoms with Gasteiger partial charge in [0.05, 0.1) is 0 Å². The van der Waals surface area contributed by atoms with E-state index in [2.05, 4.69) is 10.6 Å². The first-order valence-corrected chi connectivity index (χ1v) is 10.5. The van der Waals surface area contributed by atoms with E-state index in [0.29, 0.717) is 19.3 Å². The van der Waals surface area contributed by atoms with Crippen molar-refractivity contribution in [2.45, 2.75) is 44.5 Å². The molecule has 0 aromatic heterocycles. The van der Waals surface area contributed by atoms with Crippen LogP contribution < -0.4 is 10.6 Å². The monoisotopic (exact) mass is 437 g/mol. The molecule has 1 aliphatic heterocycles. The van der Waals surface area contributed by atoms with Crippen molar-refractivity contribution in [3.63, 3.8) is 0 Å². The highest BCUT2D eigenvalue weighted by molar-refractivity contribution is 5.93. The van der Waals surface area contributed by atoms with Crippen LogP contribution in [0.15, 0.2) is 60.7 Å². The lowest BCUT2D eigenvalue weighted by Crippen LogP contribution is -2.51. The van der Waals surface area contributed by atoms with Gasteiger partial charge in [0, 0.05) is 12.5 Å². The van der Waals surface area contributed by atoms with Crippen molar-refractivity contribution < 1.29 is 23.9 Å². The molecule has 1 saturated heterocycles. The average molecular weight is 437 g/mol. The van der Waals surface area contributed by atoms with Crippen LogP contribution >= 0.6 is 0 Å². The fraction of sp³-hybridized carbons (Fsp3) is 0.333. The highest BCUT2D eigenvalue weighted by Gasteiger charge is 2.39. The number of carbonyl (C=O) groups is 4. The van der Waals surface area contributed by atoms with Crippen LogP contribution in [0.3, 0.4) is 0 Å². The fourth-order valence-corrected chi connectivity index (χ4v) is 3.70. The predicted molar refractivity (Wildman–Crippen MR) is 117 cm³/mol. The summed E-state index contributed by atoms with van der Waals surface area (Å²) in [6, 6.07) is 16.8. The molecule has 3 unspecified atom stereocenters. The second kappa shape index (κ2) is 11.1. The van der Waals surface area contributed by atoms with Gasteiger partial charge in [-0.05, 0) is 24.5 Å². The molecular formula is C24H27N3O5. The number of amides is 3. The summed E-state index contributed by atoms with van der Waals surface area (Å²) < 4.78 is 5.27. The quantitative estimate of drug-likeness (QED) is 0.429. The van der Waals surface area contributed by atoms with Crippen LogP contribution in [0.25, 0.3) is 0 Å². The average Bonchev–Trinajstić information content (AvgIpc) is 3.06. The number of carbonyl (C=O) groups excluding carboxylic acids is 4. The van der Waals surface area contributed by atoms with Gasteiger partial charge in [0.1, 0.15) is 25.2 Å². The highest BCUT2D eigenvalue weighted by atomic mass is 16.5. The van der Waals surface area contributed by atoms with Gasteiger partial charge in [-0.3, -0.25) is 19.2 Å². The Morgan fingerprint density at radius 1 is 1.09 bits per heavy atom. The fourth-order valence-electron chi connectivity index (χ4n) is 3.70. The van der Waals surface area contributed by atoms with Crippen molar-refractivity contribution in [2.24, 2.45) is 0 Å². The number of esters is 1. The lowest BCUT2D eigenvalue weighted by atomic mass is 10.0. The van der Waals surface area contributed by atoms with Gasteiger partial charge in [-0.1, -0.05) is 60.7 Å². The summed E-state index contributed by atoms with van der Waals surface area (Å²) in [5.41, 5.74) is 1.75. The topological polar surface area (TPSA) is 105 Å². The number of rotatable bonds is 10. The highest BCUT2D eigenvalue weighted by Crippen LogP contribution is 2.19. The first kappa shape index (κ1) is 23.0. The van der Waals surface area contributed by atoms with E-state index in [4.69, 9.17) is 4.74 Å². The van der Waals surface area contributed by atoms with Gasteiger partial charge < -0.3 is 20.3 Å². The Balaban J connectivity index is 1.54. The Bertz CT molecular complexity index is 935. The molecule has 8 nitrogen and oxygen atoms in total. The Morgan fingerprint density at radius 2 is 1.72 bits per heavy atom. The zero-order valence-corrected chi connectivity index (χ0v) is 17.9. The van der Waals surface area contributed by atoms with Gasteiger partial charge >= 0.3 is 5.97 Å². The van der Waals surface area contributed by atoms with Crippen LogP contribution in [-0.4, -0.2) is 53.8 Å². The first-order valence-electron chi connectivity index (χ1n) is 10.5.